The van der Waals surface area contributed by atoms with E-state index in [-0.39, 0.29) is 12.3 Å². The SMILES string of the molecule is COC(=O)c1cncc(NCCCCCCO)n1. The highest BCUT2D eigenvalue weighted by molar-refractivity contribution is 5.87. The molecule has 0 aliphatic carbocycles. The summed E-state index contributed by atoms with van der Waals surface area (Å²) in [5.74, 6) is 0.0779. The van der Waals surface area contributed by atoms with Crippen molar-refractivity contribution in [3.8, 4) is 0 Å². The van der Waals surface area contributed by atoms with Crippen LogP contribution in [0.25, 0.3) is 0 Å². The summed E-state index contributed by atoms with van der Waals surface area (Å²) in [5.41, 5.74) is 0.197. The van der Waals surface area contributed by atoms with Gasteiger partial charge in [-0.2, -0.15) is 0 Å². The molecular formula is C12H19N3O3. The summed E-state index contributed by atoms with van der Waals surface area (Å²) in [5, 5.41) is 11.7. The van der Waals surface area contributed by atoms with Gasteiger partial charge in [0.1, 0.15) is 5.82 Å². The average molecular weight is 253 g/mol. The first-order chi connectivity index (χ1) is 8.77. The van der Waals surface area contributed by atoms with Crippen molar-refractivity contribution in [3.63, 3.8) is 0 Å². The minimum atomic E-state index is -0.492. The van der Waals surface area contributed by atoms with Crippen molar-refractivity contribution in [2.45, 2.75) is 25.7 Å². The second-order valence-electron chi connectivity index (χ2n) is 3.85. The van der Waals surface area contributed by atoms with Gasteiger partial charge in [-0.05, 0) is 12.8 Å². The van der Waals surface area contributed by atoms with Gasteiger partial charge in [-0.15, -0.1) is 0 Å². The molecule has 100 valence electrons. The summed E-state index contributed by atoms with van der Waals surface area (Å²) in [4.78, 5) is 19.3. The fourth-order valence-electron chi connectivity index (χ4n) is 1.46. The number of ether oxygens (including phenoxy) is 1. The van der Waals surface area contributed by atoms with E-state index in [0.29, 0.717) is 5.82 Å². The van der Waals surface area contributed by atoms with Crippen LogP contribution in [0.3, 0.4) is 0 Å². The fourth-order valence-corrected chi connectivity index (χ4v) is 1.46. The molecule has 0 saturated carbocycles. The van der Waals surface area contributed by atoms with Crippen molar-refractivity contribution >= 4 is 11.8 Å². The summed E-state index contributed by atoms with van der Waals surface area (Å²) >= 11 is 0. The van der Waals surface area contributed by atoms with Crippen LogP contribution in [-0.2, 0) is 4.74 Å². The van der Waals surface area contributed by atoms with Crippen LogP contribution in [0.1, 0.15) is 36.2 Å². The van der Waals surface area contributed by atoms with Crippen LogP contribution in [0.2, 0.25) is 0 Å². The molecule has 1 aromatic rings. The number of rotatable bonds is 8. The maximum absolute atomic E-state index is 11.2. The van der Waals surface area contributed by atoms with Gasteiger partial charge in [0.25, 0.3) is 0 Å². The van der Waals surface area contributed by atoms with E-state index in [2.05, 4.69) is 20.0 Å². The molecule has 0 bridgehead atoms. The van der Waals surface area contributed by atoms with Crippen LogP contribution in [0, 0.1) is 0 Å². The Hall–Kier alpha value is -1.69. The molecule has 0 spiro atoms. The van der Waals surface area contributed by atoms with E-state index in [9.17, 15) is 4.79 Å². The Morgan fingerprint density at radius 3 is 2.83 bits per heavy atom. The number of hydrogen-bond donors (Lipinski definition) is 2. The minimum absolute atomic E-state index is 0.197. The zero-order valence-corrected chi connectivity index (χ0v) is 10.6. The monoisotopic (exact) mass is 253 g/mol. The number of hydrogen-bond acceptors (Lipinski definition) is 6. The minimum Gasteiger partial charge on any atom is -0.464 e. The highest BCUT2D eigenvalue weighted by atomic mass is 16.5. The number of carbonyl (C=O) groups excluding carboxylic acids is 1. The summed E-state index contributed by atoms with van der Waals surface area (Å²) in [6.45, 7) is 1.02. The molecule has 1 aromatic heterocycles. The molecule has 0 radical (unpaired) electrons. The molecule has 2 N–H and O–H groups in total. The van der Waals surface area contributed by atoms with E-state index in [1.54, 1.807) is 6.20 Å². The van der Waals surface area contributed by atoms with Gasteiger partial charge in [-0.25, -0.2) is 9.78 Å². The summed E-state index contributed by atoms with van der Waals surface area (Å²) in [6.07, 6.45) is 6.85. The van der Waals surface area contributed by atoms with Crippen molar-refractivity contribution < 1.29 is 14.6 Å². The number of anilines is 1. The number of aliphatic hydroxyl groups excluding tert-OH is 1. The summed E-state index contributed by atoms with van der Waals surface area (Å²) < 4.78 is 4.57. The number of aromatic nitrogens is 2. The lowest BCUT2D eigenvalue weighted by Gasteiger charge is -2.06. The Morgan fingerprint density at radius 1 is 1.33 bits per heavy atom. The zero-order valence-electron chi connectivity index (χ0n) is 10.6. The lowest BCUT2D eigenvalue weighted by molar-refractivity contribution is 0.0593. The maximum atomic E-state index is 11.2. The van der Waals surface area contributed by atoms with E-state index >= 15 is 0 Å². The van der Waals surface area contributed by atoms with Gasteiger partial charge >= 0.3 is 5.97 Å². The number of esters is 1. The van der Waals surface area contributed by atoms with Gasteiger partial charge < -0.3 is 15.2 Å². The van der Waals surface area contributed by atoms with Crippen LogP contribution in [0.5, 0.6) is 0 Å². The van der Waals surface area contributed by atoms with Crippen molar-refractivity contribution in [2.75, 3.05) is 25.6 Å². The molecule has 0 aromatic carbocycles. The van der Waals surface area contributed by atoms with E-state index in [1.807, 2.05) is 0 Å². The summed E-state index contributed by atoms with van der Waals surface area (Å²) in [7, 11) is 1.31. The molecule has 1 heterocycles. The lowest BCUT2D eigenvalue weighted by atomic mass is 10.2. The Labute approximate surface area is 106 Å². The van der Waals surface area contributed by atoms with Gasteiger partial charge in [0.2, 0.25) is 0 Å². The van der Waals surface area contributed by atoms with Gasteiger partial charge in [0, 0.05) is 13.2 Å². The highest BCUT2D eigenvalue weighted by Gasteiger charge is 2.07. The predicted octanol–water partition coefficient (Wildman–Crippen LogP) is 1.23. The normalized spacial score (nSPS) is 10.1. The van der Waals surface area contributed by atoms with Crippen molar-refractivity contribution in [1.29, 1.82) is 0 Å². The fraction of sp³-hybridized carbons (Fsp3) is 0.583. The highest BCUT2D eigenvalue weighted by Crippen LogP contribution is 2.05. The van der Waals surface area contributed by atoms with E-state index in [1.165, 1.54) is 13.3 Å². The Balaban J connectivity index is 2.32. The largest absolute Gasteiger partial charge is 0.464 e. The van der Waals surface area contributed by atoms with E-state index < -0.39 is 5.97 Å². The van der Waals surface area contributed by atoms with Crippen molar-refractivity contribution in [1.82, 2.24) is 9.97 Å². The first kappa shape index (κ1) is 14.4. The van der Waals surface area contributed by atoms with Gasteiger partial charge in [0.15, 0.2) is 5.69 Å². The van der Waals surface area contributed by atoms with Crippen LogP contribution in [0.15, 0.2) is 12.4 Å². The molecule has 0 fully saturated rings. The molecule has 6 heteroatoms. The van der Waals surface area contributed by atoms with Crippen LogP contribution < -0.4 is 5.32 Å². The van der Waals surface area contributed by atoms with Crippen molar-refractivity contribution in [2.24, 2.45) is 0 Å². The molecule has 0 saturated heterocycles. The average Bonchev–Trinajstić information content (AvgIpc) is 2.42. The summed E-state index contributed by atoms with van der Waals surface area (Å²) in [6, 6.07) is 0. The number of methoxy groups -OCH3 is 1. The van der Waals surface area contributed by atoms with E-state index in [4.69, 9.17) is 5.11 Å². The van der Waals surface area contributed by atoms with Gasteiger partial charge in [0.05, 0.1) is 19.5 Å². The quantitative estimate of drug-likeness (QED) is 0.535. The first-order valence-corrected chi connectivity index (χ1v) is 6.03. The second kappa shape index (κ2) is 8.41. The smallest absolute Gasteiger partial charge is 0.358 e. The molecule has 0 aliphatic rings. The third kappa shape index (κ3) is 5.09. The molecule has 0 atom stereocenters. The Kier molecular flexibility index (Phi) is 6.71. The van der Waals surface area contributed by atoms with Crippen LogP contribution in [0.4, 0.5) is 5.82 Å². The number of nitrogens with zero attached hydrogens (tertiary/aromatic N) is 2. The van der Waals surface area contributed by atoms with Crippen molar-refractivity contribution in [3.05, 3.63) is 18.1 Å². The lowest BCUT2D eigenvalue weighted by Crippen LogP contribution is -2.09. The maximum Gasteiger partial charge on any atom is 0.358 e. The van der Waals surface area contributed by atoms with Crippen LogP contribution >= 0.6 is 0 Å². The predicted molar refractivity (Wildman–Crippen MR) is 67.4 cm³/mol. The number of carbonyl (C=O) groups is 1. The molecule has 0 amide bonds. The first-order valence-electron chi connectivity index (χ1n) is 6.03. The zero-order chi connectivity index (χ0) is 13.2. The number of aliphatic hydroxyl groups is 1. The standard InChI is InChI=1S/C12H19N3O3/c1-18-12(17)10-8-13-9-11(15-10)14-6-4-2-3-5-7-16/h8-9,16H,2-7H2,1H3,(H,14,15). The third-order valence-corrected chi connectivity index (χ3v) is 2.42. The topological polar surface area (TPSA) is 84.3 Å². The van der Waals surface area contributed by atoms with Gasteiger partial charge in [-0.3, -0.25) is 4.98 Å². The molecule has 0 unspecified atom stereocenters. The number of nitrogens with one attached hydrogen (secondary N) is 1. The molecule has 18 heavy (non-hydrogen) atoms. The van der Waals surface area contributed by atoms with Crippen LogP contribution in [-0.4, -0.2) is 41.3 Å². The molecular weight excluding hydrogens is 234 g/mol. The molecule has 6 nitrogen and oxygen atoms in total. The third-order valence-electron chi connectivity index (χ3n) is 2.42. The van der Waals surface area contributed by atoms with Gasteiger partial charge in [-0.1, -0.05) is 12.8 Å². The molecule has 0 aliphatic heterocycles. The Bertz CT molecular complexity index is 371. The number of unbranched alkanes of at least 4 members (excludes halogenated alkanes) is 3. The Morgan fingerprint density at radius 2 is 2.11 bits per heavy atom. The van der Waals surface area contributed by atoms with E-state index in [0.717, 1.165) is 32.2 Å². The molecule has 1 rings (SSSR count). The second-order valence-corrected chi connectivity index (χ2v) is 3.85.